The van der Waals surface area contributed by atoms with E-state index in [9.17, 15) is 4.79 Å². The van der Waals surface area contributed by atoms with Crippen molar-refractivity contribution in [1.82, 2.24) is 0 Å². The monoisotopic (exact) mass is 238 g/mol. The first-order valence-electron chi connectivity index (χ1n) is 5.41. The minimum absolute atomic E-state index is 0.00637. The molecule has 0 saturated heterocycles. The molecular formula is C12H18N2O3. The number of primary amides is 1. The van der Waals surface area contributed by atoms with Gasteiger partial charge in [0.2, 0.25) is 5.91 Å². The van der Waals surface area contributed by atoms with Gasteiger partial charge in [-0.2, -0.15) is 0 Å². The maximum atomic E-state index is 11.0. The summed E-state index contributed by atoms with van der Waals surface area (Å²) < 4.78 is 10.8. The van der Waals surface area contributed by atoms with Crippen LogP contribution in [-0.2, 0) is 4.79 Å². The van der Waals surface area contributed by atoms with Crippen molar-refractivity contribution in [1.29, 1.82) is 0 Å². The Morgan fingerprint density at radius 1 is 1.29 bits per heavy atom. The molecule has 0 aliphatic heterocycles. The summed E-state index contributed by atoms with van der Waals surface area (Å²) in [6.45, 7) is 3.95. The van der Waals surface area contributed by atoms with E-state index in [1.54, 1.807) is 12.1 Å². The summed E-state index contributed by atoms with van der Waals surface area (Å²) in [5, 5.41) is 0. The highest BCUT2D eigenvalue weighted by Crippen LogP contribution is 2.26. The normalized spacial score (nSPS) is 13.8. The van der Waals surface area contributed by atoms with E-state index in [0.717, 1.165) is 0 Å². The van der Waals surface area contributed by atoms with Crippen LogP contribution >= 0.6 is 0 Å². The maximum absolute atomic E-state index is 11.0. The second-order valence-electron chi connectivity index (χ2n) is 3.95. The van der Waals surface area contributed by atoms with Crippen LogP contribution in [0.2, 0.25) is 0 Å². The van der Waals surface area contributed by atoms with Crippen LogP contribution in [0.4, 0.5) is 0 Å². The van der Waals surface area contributed by atoms with E-state index < -0.39 is 11.4 Å². The summed E-state index contributed by atoms with van der Waals surface area (Å²) >= 11 is 0. The largest absolute Gasteiger partial charge is 0.490 e. The van der Waals surface area contributed by atoms with Crippen LogP contribution in [0, 0.1) is 0 Å². The first kappa shape index (κ1) is 13.3. The zero-order valence-corrected chi connectivity index (χ0v) is 10.1. The maximum Gasteiger partial charge on any atom is 0.240 e. The highest BCUT2D eigenvalue weighted by Gasteiger charge is 2.27. The number of benzene rings is 1. The number of hydrogen-bond donors (Lipinski definition) is 2. The number of hydrogen-bond acceptors (Lipinski definition) is 4. The minimum Gasteiger partial charge on any atom is -0.490 e. The van der Waals surface area contributed by atoms with Crippen LogP contribution in [0.1, 0.15) is 13.8 Å². The Labute approximate surface area is 101 Å². The molecule has 5 heteroatoms. The van der Waals surface area contributed by atoms with E-state index in [1.165, 1.54) is 6.92 Å². The Morgan fingerprint density at radius 3 is 2.29 bits per heavy atom. The second-order valence-corrected chi connectivity index (χ2v) is 3.95. The van der Waals surface area contributed by atoms with Gasteiger partial charge >= 0.3 is 0 Å². The van der Waals surface area contributed by atoms with Crippen molar-refractivity contribution in [2.75, 3.05) is 13.2 Å². The Bertz CT molecular complexity index is 391. The zero-order chi connectivity index (χ0) is 12.9. The van der Waals surface area contributed by atoms with Gasteiger partial charge in [-0.15, -0.1) is 0 Å². The molecule has 0 fully saturated rings. The minimum atomic E-state index is -1.20. The van der Waals surface area contributed by atoms with Gasteiger partial charge in [-0.1, -0.05) is 12.1 Å². The Balaban J connectivity index is 2.72. The third kappa shape index (κ3) is 3.64. The molecule has 1 aromatic carbocycles. The fourth-order valence-corrected chi connectivity index (χ4v) is 1.14. The van der Waals surface area contributed by atoms with Crippen LogP contribution in [0.3, 0.4) is 0 Å². The predicted molar refractivity (Wildman–Crippen MR) is 64.9 cm³/mol. The van der Waals surface area contributed by atoms with Gasteiger partial charge in [-0.25, -0.2) is 0 Å². The fraction of sp³-hybridized carbons (Fsp3) is 0.417. The third-order valence-corrected chi connectivity index (χ3v) is 2.24. The van der Waals surface area contributed by atoms with E-state index >= 15 is 0 Å². The first-order chi connectivity index (χ1) is 7.97. The molecule has 0 saturated carbocycles. The lowest BCUT2D eigenvalue weighted by Gasteiger charge is -2.21. The summed E-state index contributed by atoms with van der Waals surface area (Å²) in [6.07, 6.45) is 0. The predicted octanol–water partition coefficient (Wildman–Crippen LogP) is 0.667. The van der Waals surface area contributed by atoms with E-state index in [0.29, 0.717) is 18.1 Å². The summed E-state index contributed by atoms with van der Waals surface area (Å²) in [5.41, 5.74) is 9.65. The fourth-order valence-electron chi connectivity index (χ4n) is 1.14. The molecule has 1 unspecified atom stereocenters. The van der Waals surface area contributed by atoms with Crippen molar-refractivity contribution in [2.24, 2.45) is 11.5 Å². The van der Waals surface area contributed by atoms with Crippen molar-refractivity contribution >= 4 is 5.91 Å². The van der Waals surface area contributed by atoms with Crippen molar-refractivity contribution in [2.45, 2.75) is 19.4 Å². The number of ether oxygens (including phenoxy) is 2. The number of carbonyl (C=O) groups is 1. The molecular weight excluding hydrogens is 220 g/mol. The van der Waals surface area contributed by atoms with Crippen LogP contribution in [0.5, 0.6) is 11.5 Å². The number of nitrogens with two attached hydrogens (primary N) is 2. The molecule has 5 nitrogen and oxygen atoms in total. The number of carbonyl (C=O) groups excluding carboxylic acids is 1. The van der Waals surface area contributed by atoms with Crippen LogP contribution in [-0.4, -0.2) is 24.7 Å². The van der Waals surface area contributed by atoms with Gasteiger partial charge in [-0.05, 0) is 26.0 Å². The summed E-state index contributed by atoms with van der Waals surface area (Å²) in [7, 11) is 0. The lowest BCUT2D eigenvalue weighted by atomic mass is 10.1. The third-order valence-electron chi connectivity index (χ3n) is 2.24. The lowest BCUT2D eigenvalue weighted by Crippen LogP contribution is -2.53. The summed E-state index contributed by atoms with van der Waals surface area (Å²) in [5.74, 6) is 0.564. The number of amides is 1. The molecule has 0 radical (unpaired) electrons. The van der Waals surface area contributed by atoms with Gasteiger partial charge in [0.15, 0.2) is 11.5 Å². The molecule has 1 amide bonds. The van der Waals surface area contributed by atoms with Crippen LogP contribution < -0.4 is 20.9 Å². The molecule has 0 heterocycles. The Hall–Kier alpha value is -1.75. The lowest BCUT2D eigenvalue weighted by molar-refractivity contribution is -0.123. The topological polar surface area (TPSA) is 87.6 Å². The highest BCUT2D eigenvalue weighted by molar-refractivity contribution is 5.84. The van der Waals surface area contributed by atoms with Gasteiger partial charge in [-0.3, -0.25) is 4.79 Å². The van der Waals surface area contributed by atoms with E-state index in [-0.39, 0.29) is 6.61 Å². The van der Waals surface area contributed by atoms with Gasteiger partial charge in [0.25, 0.3) is 0 Å². The SMILES string of the molecule is CCOc1ccccc1OCC(C)(N)C(N)=O. The number of para-hydroxylation sites is 2. The molecule has 17 heavy (non-hydrogen) atoms. The molecule has 0 spiro atoms. The van der Waals surface area contributed by atoms with E-state index in [4.69, 9.17) is 20.9 Å². The molecule has 0 aliphatic rings. The van der Waals surface area contributed by atoms with Gasteiger partial charge in [0.05, 0.1) is 6.61 Å². The smallest absolute Gasteiger partial charge is 0.240 e. The number of rotatable bonds is 6. The summed E-state index contributed by atoms with van der Waals surface area (Å²) in [4.78, 5) is 11.0. The Morgan fingerprint density at radius 2 is 1.82 bits per heavy atom. The van der Waals surface area contributed by atoms with Gasteiger partial charge in [0, 0.05) is 0 Å². The average molecular weight is 238 g/mol. The molecule has 1 rings (SSSR count). The highest BCUT2D eigenvalue weighted by atomic mass is 16.5. The van der Waals surface area contributed by atoms with Crippen LogP contribution in [0.15, 0.2) is 24.3 Å². The summed E-state index contributed by atoms with van der Waals surface area (Å²) in [6, 6.07) is 7.20. The standard InChI is InChI=1S/C12H18N2O3/c1-3-16-9-6-4-5-7-10(9)17-8-12(2,14)11(13)15/h4-7H,3,8,14H2,1-2H3,(H2,13,15). The molecule has 0 aliphatic carbocycles. The molecule has 94 valence electrons. The molecule has 1 atom stereocenters. The first-order valence-corrected chi connectivity index (χ1v) is 5.41. The van der Waals surface area contributed by atoms with E-state index in [2.05, 4.69) is 0 Å². The molecule has 4 N–H and O–H groups in total. The molecule has 0 bridgehead atoms. The van der Waals surface area contributed by atoms with Crippen molar-refractivity contribution in [3.63, 3.8) is 0 Å². The Kier molecular flexibility index (Phi) is 4.34. The van der Waals surface area contributed by atoms with E-state index in [1.807, 2.05) is 19.1 Å². The van der Waals surface area contributed by atoms with Gasteiger partial charge in [0.1, 0.15) is 12.1 Å². The zero-order valence-electron chi connectivity index (χ0n) is 10.1. The molecule has 1 aromatic rings. The van der Waals surface area contributed by atoms with Crippen molar-refractivity contribution < 1.29 is 14.3 Å². The van der Waals surface area contributed by atoms with Gasteiger partial charge < -0.3 is 20.9 Å². The molecule has 0 aromatic heterocycles. The van der Waals surface area contributed by atoms with Crippen molar-refractivity contribution in [3.8, 4) is 11.5 Å². The van der Waals surface area contributed by atoms with Crippen molar-refractivity contribution in [3.05, 3.63) is 24.3 Å². The quantitative estimate of drug-likeness (QED) is 0.762. The average Bonchev–Trinajstić information content (AvgIpc) is 2.28. The van der Waals surface area contributed by atoms with Crippen LogP contribution in [0.25, 0.3) is 0 Å². The second kappa shape index (κ2) is 5.54.